The molecule has 0 radical (unpaired) electrons. The number of halogens is 4. The summed E-state index contributed by atoms with van der Waals surface area (Å²) in [5.41, 5.74) is -4.56. The van der Waals surface area contributed by atoms with Crippen LogP contribution in [-0.2, 0) is 29.1 Å². The fraction of sp³-hybridized carbons (Fsp3) is 0.615. The Labute approximate surface area is 340 Å². The van der Waals surface area contributed by atoms with Gasteiger partial charge in [-0.05, 0) is 76.8 Å². The summed E-state index contributed by atoms with van der Waals surface area (Å²) < 4.78 is 85.2. The largest absolute Gasteiger partial charge is 0.494 e. The van der Waals surface area contributed by atoms with Gasteiger partial charge in [0.25, 0.3) is 5.91 Å². The number of nitrogens with zero attached hydrogens (tertiary/aromatic N) is 2. The molecular formula is C39H49ClF3N5O9S. The number of methoxy groups -OCH3 is 1. The third-order valence-electron chi connectivity index (χ3n) is 11.9. The molecule has 4 amide bonds. The maximum absolute atomic E-state index is 14.7. The van der Waals surface area contributed by atoms with E-state index in [1.165, 1.54) is 20.2 Å². The van der Waals surface area contributed by atoms with Gasteiger partial charge in [0.15, 0.2) is 0 Å². The number of allylic oxidation sites excluding steroid dienone is 1. The van der Waals surface area contributed by atoms with Crippen LogP contribution in [0.1, 0.15) is 79.6 Å². The van der Waals surface area contributed by atoms with E-state index in [2.05, 4.69) is 20.3 Å². The molecule has 6 rings (SSSR count). The molecule has 2 aromatic rings. The predicted molar refractivity (Wildman–Crippen MR) is 206 cm³/mol. The first kappa shape index (κ1) is 43.3. The summed E-state index contributed by atoms with van der Waals surface area (Å²) in [6, 6.07) is 2.25. The summed E-state index contributed by atoms with van der Waals surface area (Å²) in [5.74, 6) is -3.28. The first-order chi connectivity index (χ1) is 27.0. The molecule has 19 heteroatoms. The topological polar surface area (TPSA) is 182 Å². The summed E-state index contributed by atoms with van der Waals surface area (Å²) in [4.78, 5) is 61.8. The number of rotatable bonds is 8. The second kappa shape index (κ2) is 15.7. The molecule has 4 aliphatic rings. The number of hydrogen-bond donors (Lipinski definition) is 3. The minimum absolute atomic E-state index is 0.0401. The maximum atomic E-state index is 14.7. The summed E-state index contributed by atoms with van der Waals surface area (Å²) in [7, 11) is -2.64. The van der Waals surface area contributed by atoms with E-state index in [0.717, 1.165) is 4.90 Å². The lowest BCUT2D eigenvalue weighted by Crippen LogP contribution is -2.59. The quantitative estimate of drug-likeness (QED) is 0.284. The van der Waals surface area contributed by atoms with E-state index in [-0.39, 0.29) is 31.2 Å². The molecule has 2 saturated carbocycles. The monoisotopic (exact) mass is 855 g/mol. The van der Waals surface area contributed by atoms with Gasteiger partial charge in [0.05, 0.1) is 29.6 Å². The van der Waals surface area contributed by atoms with E-state index >= 15 is 0 Å². The van der Waals surface area contributed by atoms with E-state index in [1.54, 1.807) is 31.2 Å². The standard InChI is InChI=1S/C39H49ClF3N5O9S/c1-21-9-7-10-22(2)30(45-35(52)57-36(3,4)39(41,42)43)33(50)48-20-24(56-32-25-11-8-12-26(40)29(25)28(55-6)19-44-32)17-27(48)31(49)46-38(18-23(38)14-13-21)34(51)47-58(53,54)37(5)15-16-37/h8,11-14,19,21-24,27,30H,7,9-10,15-18,20H2,1-6H3,(H,45,52)(H,46,49)(H,47,51). The van der Waals surface area contributed by atoms with Crippen LogP contribution in [0.5, 0.6) is 11.6 Å². The molecule has 3 N–H and O–H groups in total. The van der Waals surface area contributed by atoms with Gasteiger partial charge in [-0.2, -0.15) is 13.2 Å². The van der Waals surface area contributed by atoms with Gasteiger partial charge in [-0.25, -0.2) is 18.2 Å². The van der Waals surface area contributed by atoms with Crippen LogP contribution in [0.25, 0.3) is 10.8 Å². The highest BCUT2D eigenvalue weighted by atomic mass is 35.5. The van der Waals surface area contributed by atoms with Crippen molar-refractivity contribution in [3.8, 4) is 11.6 Å². The zero-order valence-corrected chi connectivity index (χ0v) is 34.6. The molecule has 0 spiro atoms. The number of nitrogens with one attached hydrogen (secondary N) is 3. The molecule has 3 heterocycles. The lowest BCUT2D eigenvalue weighted by Gasteiger charge is -2.33. The average Bonchev–Trinajstić information content (AvgIpc) is 4.02. The van der Waals surface area contributed by atoms with Gasteiger partial charge < -0.3 is 29.7 Å². The van der Waals surface area contributed by atoms with Crippen molar-refractivity contribution in [2.45, 2.75) is 120 Å². The fourth-order valence-corrected chi connectivity index (χ4v) is 9.05. The van der Waals surface area contributed by atoms with Gasteiger partial charge in [0.2, 0.25) is 33.3 Å². The molecule has 14 nitrogen and oxygen atoms in total. The molecule has 7 atom stereocenters. The molecule has 58 heavy (non-hydrogen) atoms. The zero-order chi connectivity index (χ0) is 42.6. The van der Waals surface area contributed by atoms with Crippen LogP contribution in [0.15, 0.2) is 36.5 Å². The van der Waals surface area contributed by atoms with Crippen LogP contribution >= 0.6 is 11.6 Å². The van der Waals surface area contributed by atoms with E-state index in [9.17, 15) is 40.8 Å². The molecule has 2 aliphatic carbocycles. The first-order valence-electron chi connectivity index (χ1n) is 19.2. The van der Waals surface area contributed by atoms with E-state index in [0.29, 0.717) is 67.5 Å². The number of carbonyl (C=O) groups is 4. The Hall–Kier alpha value is -4.32. The van der Waals surface area contributed by atoms with Crippen molar-refractivity contribution < 1.29 is 55.0 Å². The van der Waals surface area contributed by atoms with Gasteiger partial charge in [0, 0.05) is 23.1 Å². The molecule has 3 fully saturated rings. The van der Waals surface area contributed by atoms with Crippen molar-refractivity contribution in [2.24, 2.45) is 17.8 Å². The number of carbonyl (C=O) groups excluding carboxylic acids is 4. The minimum Gasteiger partial charge on any atom is -0.494 e. The predicted octanol–water partition coefficient (Wildman–Crippen LogP) is 5.57. The number of sulfonamides is 1. The molecular weight excluding hydrogens is 807 g/mol. The Morgan fingerprint density at radius 1 is 1.10 bits per heavy atom. The summed E-state index contributed by atoms with van der Waals surface area (Å²) >= 11 is 6.51. The normalized spacial score (nSPS) is 28.9. The maximum Gasteiger partial charge on any atom is 0.427 e. The number of hydrogen-bond acceptors (Lipinski definition) is 10. The lowest BCUT2D eigenvalue weighted by molar-refractivity contribution is -0.244. The van der Waals surface area contributed by atoms with Crippen LogP contribution < -0.4 is 24.8 Å². The Bertz CT molecular complexity index is 2110. The van der Waals surface area contributed by atoms with Crippen molar-refractivity contribution in [2.75, 3.05) is 13.7 Å². The third kappa shape index (κ3) is 8.54. The number of alkyl carbamates (subject to hydrolysis) is 1. The number of aromatic nitrogens is 1. The highest BCUT2D eigenvalue weighted by molar-refractivity contribution is 7.91. The number of benzene rings is 1. The Morgan fingerprint density at radius 3 is 2.47 bits per heavy atom. The fourth-order valence-electron chi connectivity index (χ4n) is 7.47. The first-order valence-corrected chi connectivity index (χ1v) is 21.1. The van der Waals surface area contributed by atoms with Crippen LogP contribution in [-0.4, -0.2) is 96.0 Å². The molecule has 0 bridgehead atoms. The second-order valence-electron chi connectivity index (χ2n) is 16.7. The van der Waals surface area contributed by atoms with Crippen molar-refractivity contribution in [3.63, 3.8) is 0 Å². The third-order valence-corrected chi connectivity index (χ3v) is 14.3. The minimum atomic E-state index is -4.92. The van der Waals surface area contributed by atoms with Crippen LogP contribution in [0.3, 0.4) is 0 Å². The van der Waals surface area contributed by atoms with Crippen LogP contribution in [0, 0.1) is 17.8 Å². The Kier molecular flexibility index (Phi) is 11.7. The van der Waals surface area contributed by atoms with Crippen LogP contribution in [0.4, 0.5) is 18.0 Å². The summed E-state index contributed by atoms with van der Waals surface area (Å²) in [5, 5.41) is 6.47. The van der Waals surface area contributed by atoms with E-state index < -0.39 is 85.9 Å². The number of amides is 4. The smallest absolute Gasteiger partial charge is 0.427 e. The van der Waals surface area contributed by atoms with Crippen molar-refractivity contribution >= 4 is 56.2 Å². The van der Waals surface area contributed by atoms with Gasteiger partial charge in [-0.3, -0.25) is 19.1 Å². The highest BCUT2D eigenvalue weighted by Gasteiger charge is 2.63. The molecule has 2 aliphatic heterocycles. The zero-order valence-electron chi connectivity index (χ0n) is 33.1. The van der Waals surface area contributed by atoms with E-state index in [4.69, 9.17) is 25.8 Å². The molecule has 1 aromatic carbocycles. The summed E-state index contributed by atoms with van der Waals surface area (Å²) in [6.07, 6.45) is -0.0494. The molecule has 1 aromatic heterocycles. The van der Waals surface area contributed by atoms with Crippen molar-refractivity contribution in [3.05, 3.63) is 41.6 Å². The van der Waals surface area contributed by atoms with E-state index in [1.807, 2.05) is 13.0 Å². The second-order valence-corrected chi connectivity index (χ2v) is 19.3. The number of fused-ring (bicyclic) bond motifs is 3. The summed E-state index contributed by atoms with van der Waals surface area (Å²) in [6.45, 7) is 6.26. The highest BCUT2D eigenvalue weighted by Crippen LogP contribution is 2.48. The Morgan fingerprint density at radius 2 is 1.81 bits per heavy atom. The molecule has 7 unspecified atom stereocenters. The number of alkyl halides is 3. The number of pyridine rings is 1. The molecule has 1 saturated heterocycles. The van der Waals surface area contributed by atoms with Crippen molar-refractivity contribution in [1.82, 2.24) is 25.2 Å². The Balaban J connectivity index is 1.36. The van der Waals surface area contributed by atoms with Gasteiger partial charge in [0.1, 0.15) is 29.5 Å². The lowest BCUT2D eigenvalue weighted by atomic mass is 9.92. The molecule has 318 valence electrons. The number of ether oxygens (including phenoxy) is 3. The average molecular weight is 856 g/mol. The van der Waals surface area contributed by atoms with Crippen LogP contribution in [0.2, 0.25) is 5.02 Å². The van der Waals surface area contributed by atoms with Gasteiger partial charge >= 0.3 is 12.3 Å². The van der Waals surface area contributed by atoms with Gasteiger partial charge in [-0.1, -0.05) is 50.1 Å². The SMILES string of the molecule is COc1cnc(OC2CC3C(=O)NC4(C(=O)NS(=O)(=O)C5(C)CC5)CC4C=CC(C)CCCC(C)C(NC(=O)OC(C)(C)C(F)(F)F)C(=O)N3C2)c2cccc(Cl)c12. The van der Waals surface area contributed by atoms with Gasteiger partial charge in [-0.15, -0.1) is 0 Å². The van der Waals surface area contributed by atoms with Crippen molar-refractivity contribution in [1.29, 1.82) is 0 Å².